The fourth-order valence-electron chi connectivity index (χ4n) is 1.48. The summed E-state index contributed by atoms with van der Waals surface area (Å²) in [6.07, 6.45) is 0.623. The van der Waals surface area contributed by atoms with Crippen molar-refractivity contribution in [2.24, 2.45) is 5.73 Å². The highest BCUT2D eigenvalue weighted by molar-refractivity contribution is 7.12. The topological polar surface area (TPSA) is 81.4 Å². The Bertz CT molecular complexity index is 417. The van der Waals surface area contributed by atoms with E-state index in [1.54, 1.807) is 11.3 Å². The smallest absolute Gasteiger partial charge is 0.310 e. The lowest BCUT2D eigenvalue weighted by molar-refractivity contribution is -0.139. The molecular formula is C12H18N2O3S. The van der Waals surface area contributed by atoms with Gasteiger partial charge in [0.2, 0.25) is 5.91 Å². The minimum atomic E-state index is -0.312. The van der Waals surface area contributed by atoms with Crippen molar-refractivity contribution in [2.75, 3.05) is 7.11 Å². The van der Waals surface area contributed by atoms with E-state index in [9.17, 15) is 9.59 Å². The normalized spacial score (nSPS) is 12.1. The van der Waals surface area contributed by atoms with Crippen LogP contribution >= 0.6 is 11.3 Å². The van der Waals surface area contributed by atoms with Crippen LogP contribution in [0.1, 0.15) is 23.1 Å². The third-order valence-corrected chi connectivity index (χ3v) is 3.48. The Hall–Kier alpha value is -1.40. The summed E-state index contributed by atoms with van der Waals surface area (Å²) in [5.41, 5.74) is 5.11. The molecule has 0 aliphatic heterocycles. The second-order valence-electron chi connectivity index (χ2n) is 4.07. The van der Waals surface area contributed by atoms with Crippen molar-refractivity contribution in [2.45, 2.75) is 32.4 Å². The van der Waals surface area contributed by atoms with Crippen molar-refractivity contribution < 1.29 is 14.3 Å². The molecule has 1 aromatic rings. The van der Waals surface area contributed by atoms with E-state index < -0.39 is 0 Å². The van der Waals surface area contributed by atoms with Gasteiger partial charge in [-0.15, -0.1) is 11.3 Å². The van der Waals surface area contributed by atoms with E-state index in [2.05, 4.69) is 10.1 Å². The maximum absolute atomic E-state index is 11.1. The zero-order chi connectivity index (χ0) is 13.5. The summed E-state index contributed by atoms with van der Waals surface area (Å²) >= 11 is 1.56. The van der Waals surface area contributed by atoms with Gasteiger partial charge < -0.3 is 15.8 Å². The molecule has 3 N–H and O–H groups in total. The number of amides is 1. The third-order valence-electron chi connectivity index (χ3n) is 2.40. The highest BCUT2D eigenvalue weighted by Crippen LogP contribution is 2.17. The molecule has 0 spiro atoms. The fourth-order valence-corrected chi connectivity index (χ4v) is 2.43. The molecular weight excluding hydrogens is 252 g/mol. The Labute approximate surface area is 110 Å². The standard InChI is InChI=1S/C12H18N2O3S/c1-8(5-11(13)15)14-7-10-4-3-9(18-10)6-12(16)17-2/h3-4,8,14H,5-7H2,1-2H3,(H2,13,15). The molecule has 0 fully saturated rings. The predicted molar refractivity (Wildman–Crippen MR) is 70.2 cm³/mol. The number of carbonyl (C=O) groups excluding carboxylic acids is 2. The molecule has 1 rings (SSSR count). The van der Waals surface area contributed by atoms with E-state index in [4.69, 9.17) is 5.73 Å². The molecule has 0 saturated carbocycles. The monoisotopic (exact) mass is 270 g/mol. The number of hydrogen-bond acceptors (Lipinski definition) is 5. The van der Waals surface area contributed by atoms with Gasteiger partial charge in [0, 0.05) is 28.8 Å². The van der Waals surface area contributed by atoms with Gasteiger partial charge in [0.15, 0.2) is 0 Å². The maximum atomic E-state index is 11.1. The fraction of sp³-hybridized carbons (Fsp3) is 0.500. The van der Waals surface area contributed by atoms with Crippen molar-refractivity contribution >= 4 is 23.2 Å². The minimum absolute atomic E-state index is 0.0497. The molecule has 1 heterocycles. The largest absolute Gasteiger partial charge is 0.469 e. The van der Waals surface area contributed by atoms with Crippen LogP contribution < -0.4 is 11.1 Å². The lowest BCUT2D eigenvalue weighted by Crippen LogP contribution is -2.30. The summed E-state index contributed by atoms with van der Waals surface area (Å²) in [7, 11) is 1.38. The van der Waals surface area contributed by atoms with Crippen molar-refractivity contribution in [3.05, 3.63) is 21.9 Å². The van der Waals surface area contributed by atoms with Gasteiger partial charge in [-0.25, -0.2) is 0 Å². The van der Waals surface area contributed by atoms with Crippen LogP contribution in [0.5, 0.6) is 0 Å². The number of thiophene rings is 1. The van der Waals surface area contributed by atoms with Crippen molar-refractivity contribution in [3.63, 3.8) is 0 Å². The molecule has 0 saturated heterocycles. The molecule has 0 aromatic carbocycles. The lowest BCUT2D eigenvalue weighted by atomic mass is 10.2. The number of primary amides is 1. The highest BCUT2D eigenvalue weighted by atomic mass is 32.1. The number of esters is 1. The number of nitrogens with two attached hydrogens (primary N) is 1. The first-order chi connectivity index (χ1) is 8.51. The Balaban J connectivity index is 2.39. The number of hydrogen-bond donors (Lipinski definition) is 2. The first-order valence-corrected chi connectivity index (χ1v) is 6.49. The average molecular weight is 270 g/mol. The first-order valence-electron chi connectivity index (χ1n) is 5.67. The van der Waals surface area contributed by atoms with Gasteiger partial charge in [-0.3, -0.25) is 9.59 Å². The van der Waals surface area contributed by atoms with Crippen LogP contribution in [-0.2, 0) is 27.3 Å². The Kier molecular flexibility index (Phi) is 5.80. The van der Waals surface area contributed by atoms with Crippen molar-refractivity contribution in [1.29, 1.82) is 0 Å². The molecule has 0 aliphatic rings. The van der Waals surface area contributed by atoms with Crippen LogP contribution in [0.3, 0.4) is 0 Å². The quantitative estimate of drug-likeness (QED) is 0.719. The molecule has 1 aromatic heterocycles. The molecule has 0 radical (unpaired) electrons. The van der Waals surface area contributed by atoms with Crippen molar-refractivity contribution in [1.82, 2.24) is 5.32 Å². The number of methoxy groups -OCH3 is 1. The van der Waals surface area contributed by atoms with Gasteiger partial charge in [0.1, 0.15) is 0 Å². The summed E-state index contributed by atoms with van der Waals surface area (Å²) in [5.74, 6) is -0.550. The SMILES string of the molecule is COC(=O)Cc1ccc(CNC(C)CC(N)=O)s1. The summed E-state index contributed by atoms with van der Waals surface area (Å²) in [5, 5.41) is 3.20. The summed E-state index contributed by atoms with van der Waals surface area (Å²) in [4.78, 5) is 23.9. The van der Waals surface area contributed by atoms with Crippen LogP contribution in [-0.4, -0.2) is 25.0 Å². The molecule has 1 atom stereocenters. The molecule has 1 amide bonds. The van der Waals surface area contributed by atoms with Crippen LogP contribution in [0.25, 0.3) is 0 Å². The first kappa shape index (κ1) is 14.7. The van der Waals surface area contributed by atoms with Crippen molar-refractivity contribution in [3.8, 4) is 0 Å². The van der Waals surface area contributed by atoms with Gasteiger partial charge in [-0.1, -0.05) is 0 Å². The molecule has 18 heavy (non-hydrogen) atoms. The van der Waals surface area contributed by atoms with Crippen LogP contribution in [0, 0.1) is 0 Å². The number of ether oxygens (including phenoxy) is 1. The zero-order valence-corrected chi connectivity index (χ0v) is 11.4. The van der Waals surface area contributed by atoms with E-state index in [-0.39, 0.29) is 17.9 Å². The second-order valence-corrected chi connectivity index (χ2v) is 5.33. The minimum Gasteiger partial charge on any atom is -0.469 e. The van der Waals surface area contributed by atoms with Gasteiger partial charge in [0.25, 0.3) is 0 Å². The van der Waals surface area contributed by atoms with E-state index in [1.165, 1.54) is 7.11 Å². The Morgan fingerprint density at radius 3 is 2.72 bits per heavy atom. The van der Waals surface area contributed by atoms with Gasteiger partial charge in [0.05, 0.1) is 13.5 Å². The highest BCUT2D eigenvalue weighted by Gasteiger charge is 2.08. The van der Waals surface area contributed by atoms with E-state index >= 15 is 0 Å². The van der Waals surface area contributed by atoms with Crippen LogP contribution in [0.2, 0.25) is 0 Å². The Morgan fingerprint density at radius 2 is 2.11 bits per heavy atom. The lowest BCUT2D eigenvalue weighted by Gasteiger charge is -2.10. The van der Waals surface area contributed by atoms with E-state index in [0.29, 0.717) is 19.4 Å². The number of carbonyl (C=O) groups is 2. The third kappa shape index (κ3) is 5.29. The maximum Gasteiger partial charge on any atom is 0.310 e. The molecule has 6 heteroatoms. The van der Waals surface area contributed by atoms with Crippen LogP contribution in [0.15, 0.2) is 12.1 Å². The second kappa shape index (κ2) is 7.13. The zero-order valence-electron chi connectivity index (χ0n) is 10.6. The molecule has 0 bridgehead atoms. The number of rotatable bonds is 7. The summed E-state index contributed by atoms with van der Waals surface area (Å²) in [6, 6.07) is 3.93. The Morgan fingerprint density at radius 1 is 1.44 bits per heavy atom. The van der Waals surface area contributed by atoms with E-state index in [1.807, 2.05) is 19.1 Å². The molecule has 5 nitrogen and oxygen atoms in total. The molecule has 100 valence electrons. The van der Waals surface area contributed by atoms with Gasteiger partial charge in [-0.2, -0.15) is 0 Å². The van der Waals surface area contributed by atoms with Gasteiger partial charge in [-0.05, 0) is 19.1 Å². The summed E-state index contributed by atoms with van der Waals surface area (Å²) in [6.45, 7) is 2.58. The van der Waals surface area contributed by atoms with E-state index in [0.717, 1.165) is 9.75 Å². The molecule has 1 unspecified atom stereocenters. The average Bonchev–Trinajstić information content (AvgIpc) is 2.73. The predicted octanol–water partition coefficient (Wildman–Crippen LogP) is 0.817. The number of nitrogens with one attached hydrogen (secondary N) is 1. The van der Waals surface area contributed by atoms with Gasteiger partial charge >= 0.3 is 5.97 Å². The van der Waals surface area contributed by atoms with Crippen LogP contribution in [0.4, 0.5) is 0 Å². The molecule has 0 aliphatic carbocycles. The summed E-state index contributed by atoms with van der Waals surface area (Å²) < 4.78 is 4.61.